The number of hydrogen-bond acceptors (Lipinski definition) is 3. The van der Waals surface area contributed by atoms with Gasteiger partial charge in [0.25, 0.3) is 5.91 Å². The van der Waals surface area contributed by atoms with Gasteiger partial charge in [-0.25, -0.2) is 9.37 Å². The summed E-state index contributed by atoms with van der Waals surface area (Å²) in [5.41, 5.74) is 5.34. The second-order valence-electron chi connectivity index (χ2n) is 5.80. The molecule has 1 amide bonds. The molecule has 0 spiro atoms. The van der Waals surface area contributed by atoms with E-state index in [-0.39, 0.29) is 33.6 Å². The normalized spacial score (nSPS) is 11.7. The number of nitrogens with two attached hydrogens (primary N) is 1. The Labute approximate surface area is 145 Å². The Hall–Kier alpha value is -3.03. The van der Waals surface area contributed by atoms with E-state index in [0.29, 0.717) is 5.39 Å². The number of fused-ring (bicyclic) bond motifs is 1. The SMILES string of the molecule is Cc1c(F)ccc2cc(CC(F)(F)F)c(-c3cccnc3C(N)=O)nc12. The van der Waals surface area contributed by atoms with Gasteiger partial charge in [-0.05, 0) is 42.8 Å². The van der Waals surface area contributed by atoms with Crippen LogP contribution in [0.3, 0.4) is 0 Å². The molecule has 0 atom stereocenters. The van der Waals surface area contributed by atoms with Crippen molar-refractivity contribution in [1.82, 2.24) is 9.97 Å². The van der Waals surface area contributed by atoms with Crippen LogP contribution in [0, 0.1) is 12.7 Å². The average Bonchev–Trinajstić information content (AvgIpc) is 2.56. The number of primary amides is 1. The molecule has 2 aromatic heterocycles. The van der Waals surface area contributed by atoms with E-state index < -0.39 is 24.3 Å². The van der Waals surface area contributed by atoms with Crippen LogP contribution >= 0.6 is 0 Å². The van der Waals surface area contributed by atoms with Crippen LogP contribution in [0.1, 0.15) is 21.6 Å². The fourth-order valence-electron chi connectivity index (χ4n) is 2.78. The van der Waals surface area contributed by atoms with Crippen molar-refractivity contribution in [2.24, 2.45) is 5.73 Å². The maximum atomic E-state index is 13.9. The predicted molar refractivity (Wildman–Crippen MR) is 87.9 cm³/mol. The molecule has 0 fully saturated rings. The highest BCUT2D eigenvalue weighted by molar-refractivity contribution is 5.98. The molecule has 8 heteroatoms. The van der Waals surface area contributed by atoms with E-state index in [1.54, 1.807) is 0 Å². The molecule has 0 aliphatic heterocycles. The number of hydrogen-bond donors (Lipinski definition) is 1. The number of carbonyl (C=O) groups is 1. The number of rotatable bonds is 3. The second kappa shape index (κ2) is 6.36. The average molecular weight is 363 g/mol. The minimum atomic E-state index is -4.49. The summed E-state index contributed by atoms with van der Waals surface area (Å²) in [7, 11) is 0. The lowest BCUT2D eigenvalue weighted by Crippen LogP contribution is -2.17. The monoisotopic (exact) mass is 363 g/mol. The number of aryl methyl sites for hydroxylation is 1. The third-order valence-corrected chi connectivity index (χ3v) is 3.94. The Balaban J connectivity index is 2.36. The largest absolute Gasteiger partial charge is 0.393 e. The van der Waals surface area contributed by atoms with Crippen molar-refractivity contribution in [3.8, 4) is 11.3 Å². The van der Waals surface area contributed by atoms with Gasteiger partial charge in [0.1, 0.15) is 11.5 Å². The number of amides is 1. The highest BCUT2D eigenvalue weighted by Gasteiger charge is 2.30. The Bertz CT molecular complexity index is 1020. The predicted octanol–water partition coefficient (Wildman–Crippen LogP) is 3.95. The van der Waals surface area contributed by atoms with Gasteiger partial charge in [-0.3, -0.25) is 9.78 Å². The number of aromatic nitrogens is 2. The minimum Gasteiger partial charge on any atom is -0.364 e. The van der Waals surface area contributed by atoms with Crippen LogP contribution in [0.4, 0.5) is 17.6 Å². The van der Waals surface area contributed by atoms with Gasteiger partial charge in [0, 0.05) is 22.7 Å². The molecule has 0 aliphatic rings. The van der Waals surface area contributed by atoms with E-state index >= 15 is 0 Å². The van der Waals surface area contributed by atoms with Crippen LogP contribution in [-0.4, -0.2) is 22.1 Å². The molecule has 1 aromatic carbocycles. The summed E-state index contributed by atoms with van der Waals surface area (Å²) in [5, 5.41) is 0.372. The fraction of sp³-hybridized carbons (Fsp3) is 0.167. The summed E-state index contributed by atoms with van der Waals surface area (Å²) in [6.07, 6.45) is -4.44. The lowest BCUT2D eigenvalue weighted by molar-refractivity contribution is -0.127. The van der Waals surface area contributed by atoms with Crippen LogP contribution in [0.25, 0.3) is 22.2 Å². The van der Waals surface area contributed by atoms with Gasteiger partial charge in [0.15, 0.2) is 0 Å². The third kappa shape index (κ3) is 3.35. The quantitative estimate of drug-likeness (QED) is 0.717. The van der Waals surface area contributed by atoms with E-state index in [0.717, 1.165) is 0 Å². The summed E-state index contributed by atoms with van der Waals surface area (Å²) in [4.78, 5) is 19.7. The van der Waals surface area contributed by atoms with Gasteiger partial charge in [-0.2, -0.15) is 13.2 Å². The minimum absolute atomic E-state index is 0.0739. The van der Waals surface area contributed by atoms with Crippen molar-refractivity contribution in [3.63, 3.8) is 0 Å². The van der Waals surface area contributed by atoms with Crippen molar-refractivity contribution in [2.45, 2.75) is 19.5 Å². The van der Waals surface area contributed by atoms with E-state index in [1.165, 1.54) is 43.5 Å². The first kappa shape index (κ1) is 17.8. The summed E-state index contributed by atoms with van der Waals surface area (Å²) in [6.45, 7) is 1.48. The Morgan fingerprint density at radius 2 is 1.96 bits per heavy atom. The number of benzene rings is 1. The number of pyridine rings is 2. The molecule has 3 aromatic rings. The molecular formula is C18H13F4N3O. The topological polar surface area (TPSA) is 68.9 Å². The first-order valence-electron chi connectivity index (χ1n) is 7.58. The standard InChI is InChI=1S/C18H13F4N3O/c1-9-13(19)5-4-10-7-11(8-18(20,21)22)15(25-14(9)10)12-3-2-6-24-16(12)17(23)26/h2-7H,8H2,1H3,(H2,23,26). The molecule has 0 radical (unpaired) electrons. The van der Waals surface area contributed by atoms with E-state index in [2.05, 4.69) is 9.97 Å². The Morgan fingerprint density at radius 3 is 2.62 bits per heavy atom. The summed E-state index contributed by atoms with van der Waals surface area (Å²) in [5.74, 6) is -1.42. The van der Waals surface area contributed by atoms with Crippen LogP contribution in [0.15, 0.2) is 36.5 Å². The molecule has 4 nitrogen and oxygen atoms in total. The molecule has 0 bridgehead atoms. The molecule has 26 heavy (non-hydrogen) atoms. The number of nitrogens with zero attached hydrogens (tertiary/aromatic N) is 2. The summed E-state index contributed by atoms with van der Waals surface area (Å²) in [6, 6.07) is 6.72. The lowest BCUT2D eigenvalue weighted by atomic mass is 9.98. The molecule has 0 aliphatic carbocycles. The van der Waals surface area contributed by atoms with Gasteiger partial charge in [0.05, 0.1) is 17.6 Å². The van der Waals surface area contributed by atoms with Gasteiger partial charge in [0.2, 0.25) is 0 Å². The molecule has 2 heterocycles. The van der Waals surface area contributed by atoms with Crippen molar-refractivity contribution in [1.29, 1.82) is 0 Å². The van der Waals surface area contributed by atoms with Crippen molar-refractivity contribution in [3.05, 3.63) is 59.2 Å². The van der Waals surface area contributed by atoms with Crippen LogP contribution < -0.4 is 5.73 Å². The zero-order valence-corrected chi connectivity index (χ0v) is 13.6. The smallest absolute Gasteiger partial charge is 0.364 e. The van der Waals surface area contributed by atoms with Gasteiger partial charge >= 0.3 is 6.18 Å². The van der Waals surface area contributed by atoms with Crippen molar-refractivity contribution < 1.29 is 22.4 Å². The maximum Gasteiger partial charge on any atom is 0.393 e. The second-order valence-corrected chi connectivity index (χ2v) is 5.80. The molecule has 134 valence electrons. The van der Waals surface area contributed by atoms with Gasteiger partial charge in [-0.15, -0.1) is 0 Å². The first-order valence-corrected chi connectivity index (χ1v) is 7.58. The zero-order valence-electron chi connectivity index (χ0n) is 13.6. The maximum absolute atomic E-state index is 13.9. The van der Waals surface area contributed by atoms with Crippen LogP contribution in [0.5, 0.6) is 0 Å². The van der Waals surface area contributed by atoms with E-state index in [4.69, 9.17) is 5.73 Å². The van der Waals surface area contributed by atoms with Gasteiger partial charge < -0.3 is 5.73 Å². The lowest BCUT2D eigenvalue weighted by Gasteiger charge is -2.15. The molecule has 0 saturated heterocycles. The number of alkyl halides is 3. The Kier molecular flexibility index (Phi) is 4.35. The highest BCUT2D eigenvalue weighted by atomic mass is 19.4. The van der Waals surface area contributed by atoms with Crippen molar-refractivity contribution >= 4 is 16.8 Å². The van der Waals surface area contributed by atoms with E-state index in [9.17, 15) is 22.4 Å². The molecule has 2 N–H and O–H groups in total. The third-order valence-electron chi connectivity index (χ3n) is 3.94. The van der Waals surface area contributed by atoms with Gasteiger partial charge in [-0.1, -0.05) is 0 Å². The summed E-state index contributed by atoms with van der Waals surface area (Å²) >= 11 is 0. The van der Waals surface area contributed by atoms with Crippen LogP contribution in [-0.2, 0) is 6.42 Å². The zero-order chi connectivity index (χ0) is 19.1. The summed E-state index contributed by atoms with van der Waals surface area (Å²) < 4.78 is 53.0. The number of halogens is 4. The van der Waals surface area contributed by atoms with Crippen molar-refractivity contribution in [2.75, 3.05) is 0 Å². The first-order chi connectivity index (χ1) is 12.2. The molecule has 3 rings (SSSR count). The van der Waals surface area contributed by atoms with E-state index in [1.807, 2.05) is 0 Å². The highest BCUT2D eigenvalue weighted by Crippen LogP contribution is 2.33. The molecule has 0 unspecified atom stereocenters. The fourth-order valence-corrected chi connectivity index (χ4v) is 2.78. The van der Waals surface area contributed by atoms with Crippen LogP contribution in [0.2, 0.25) is 0 Å². The molecule has 0 saturated carbocycles. The Morgan fingerprint density at radius 1 is 1.23 bits per heavy atom. The number of carbonyl (C=O) groups excluding carboxylic acids is 1. The molecular weight excluding hydrogens is 350 g/mol.